The Morgan fingerprint density at radius 1 is 1.11 bits per heavy atom. The first kappa shape index (κ1) is 13.3. The molecule has 2 amide bonds. The van der Waals surface area contributed by atoms with Crippen molar-refractivity contribution in [1.29, 1.82) is 0 Å². The summed E-state index contributed by atoms with van der Waals surface area (Å²) in [4.78, 5) is 12.0. The molecule has 0 atom stereocenters. The molecule has 19 heavy (non-hydrogen) atoms. The van der Waals surface area contributed by atoms with Crippen LogP contribution < -0.4 is 10.6 Å². The fourth-order valence-corrected chi connectivity index (χ4v) is 4.97. The highest BCUT2D eigenvalue weighted by molar-refractivity contribution is 6.18. The highest BCUT2D eigenvalue weighted by atomic mass is 35.5. The smallest absolute Gasteiger partial charge is 0.315 e. The number of carbonyl (C=O) groups is 1. The van der Waals surface area contributed by atoms with Crippen molar-refractivity contribution >= 4 is 17.6 Å². The van der Waals surface area contributed by atoms with Gasteiger partial charge in [0.1, 0.15) is 0 Å². The Hall–Kier alpha value is -0.700. The molecule has 2 N–H and O–H groups in total. The maximum absolute atomic E-state index is 12.0. The molecular weight excluding hydrogens is 260 g/mol. The van der Waals surface area contributed by atoms with Crippen molar-refractivity contribution < 1.29 is 4.79 Å². The van der Waals surface area contributed by atoms with Gasteiger partial charge in [-0.05, 0) is 56.3 Å². The molecule has 106 valence electrons. The monoisotopic (exact) mass is 282 g/mol. The van der Waals surface area contributed by atoms with Gasteiger partial charge in [-0.15, -0.1) is 11.6 Å². The molecule has 3 nitrogen and oxygen atoms in total. The van der Waals surface area contributed by atoms with E-state index in [4.69, 9.17) is 11.6 Å². The minimum atomic E-state index is -0.0128. The lowest BCUT2D eigenvalue weighted by Gasteiger charge is -2.56. The molecule has 0 saturated heterocycles. The molecule has 0 unspecified atom stereocenters. The van der Waals surface area contributed by atoms with Crippen molar-refractivity contribution in [1.82, 2.24) is 10.6 Å². The van der Waals surface area contributed by atoms with Crippen LogP contribution in [0.15, 0.2) is 12.2 Å². The number of alkyl halides is 1. The first-order chi connectivity index (χ1) is 9.19. The summed E-state index contributed by atoms with van der Waals surface area (Å²) in [6, 6.07) is -0.0128. The van der Waals surface area contributed by atoms with E-state index in [1.165, 1.54) is 38.5 Å². The number of amides is 2. The number of allylic oxidation sites excluding steroid dienone is 1. The Morgan fingerprint density at radius 3 is 2.21 bits per heavy atom. The third kappa shape index (κ3) is 2.91. The van der Waals surface area contributed by atoms with Gasteiger partial charge in [0.2, 0.25) is 0 Å². The van der Waals surface area contributed by atoms with Crippen molar-refractivity contribution in [3.05, 3.63) is 12.2 Å². The molecule has 4 rings (SSSR count). The topological polar surface area (TPSA) is 41.1 Å². The lowest BCUT2D eigenvalue weighted by Crippen LogP contribution is -2.61. The zero-order valence-electron chi connectivity index (χ0n) is 11.3. The third-order valence-electron chi connectivity index (χ3n) is 5.05. The number of nitrogens with one attached hydrogen (secondary N) is 2. The summed E-state index contributed by atoms with van der Waals surface area (Å²) in [6.45, 7) is 0.560. The Labute approximate surface area is 120 Å². The molecule has 0 spiro atoms. The number of hydrogen-bond donors (Lipinski definition) is 2. The van der Waals surface area contributed by atoms with E-state index in [0.29, 0.717) is 12.4 Å². The van der Waals surface area contributed by atoms with Gasteiger partial charge >= 0.3 is 6.03 Å². The summed E-state index contributed by atoms with van der Waals surface area (Å²) >= 11 is 5.55. The van der Waals surface area contributed by atoms with E-state index in [-0.39, 0.29) is 11.6 Å². The molecule has 0 aromatic heterocycles. The first-order valence-corrected chi connectivity index (χ1v) is 7.99. The van der Waals surface area contributed by atoms with Crippen molar-refractivity contribution in [2.75, 3.05) is 12.4 Å². The predicted molar refractivity (Wildman–Crippen MR) is 77.3 cm³/mol. The standard InChI is InChI=1S/C15H23ClN2O/c16-3-1-2-4-17-14(19)18-15-8-11-5-12(9-15)7-13(6-11)10-15/h1-2,11-13H,3-10H2,(H2,17,18,19)/b2-1+. The summed E-state index contributed by atoms with van der Waals surface area (Å²) in [5.74, 6) is 3.09. The Bertz CT molecular complexity index is 345. The maximum Gasteiger partial charge on any atom is 0.315 e. The van der Waals surface area contributed by atoms with E-state index in [9.17, 15) is 4.79 Å². The van der Waals surface area contributed by atoms with Gasteiger partial charge in [-0.1, -0.05) is 12.2 Å². The molecular formula is C15H23ClN2O. The summed E-state index contributed by atoms with van der Waals surface area (Å²) < 4.78 is 0. The van der Waals surface area contributed by atoms with E-state index >= 15 is 0 Å². The molecule has 0 aromatic carbocycles. The zero-order valence-corrected chi connectivity index (χ0v) is 12.1. The summed E-state index contributed by atoms with van der Waals surface area (Å²) in [5.41, 5.74) is 0.106. The number of urea groups is 1. The molecule has 4 heteroatoms. The average Bonchev–Trinajstić information content (AvgIpc) is 2.32. The van der Waals surface area contributed by atoms with E-state index in [1.807, 2.05) is 12.2 Å². The second-order valence-electron chi connectivity index (χ2n) is 6.66. The molecule has 0 aromatic rings. The van der Waals surface area contributed by atoms with Gasteiger partial charge in [0.15, 0.2) is 0 Å². The van der Waals surface area contributed by atoms with E-state index in [0.717, 1.165) is 17.8 Å². The second kappa shape index (κ2) is 5.35. The SMILES string of the molecule is O=C(NC/C=C/CCl)NC12CC3CC(CC(C3)C1)C2. The van der Waals surface area contributed by atoms with E-state index in [1.54, 1.807) is 0 Å². The van der Waals surface area contributed by atoms with Crippen molar-refractivity contribution in [3.63, 3.8) is 0 Å². The van der Waals surface area contributed by atoms with Crippen LogP contribution >= 0.6 is 11.6 Å². The van der Waals surface area contributed by atoms with Crippen LogP contribution in [0.2, 0.25) is 0 Å². The molecule has 4 fully saturated rings. The lowest BCUT2D eigenvalue weighted by atomic mass is 9.53. The fourth-order valence-electron chi connectivity index (χ4n) is 4.85. The van der Waals surface area contributed by atoms with Gasteiger partial charge in [0, 0.05) is 18.0 Å². The summed E-state index contributed by atoms with van der Waals surface area (Å²) in [6.07, 6.45) is 11.6. The van der Waals surface area contributed by atoms with E-state index in [2.05, 4.69) is 10.6 Å². The quantitative estimate of drug-likeness (QED) is 0.604. The van der Waals surface area contributed by atoms with Crippen LogP contribution in [0.4, 0.5) is 4.79 Å². The van der Waals surface area contributed by atoms with Gasteiger partial charge in [-0.2, -0.15) is 0 Å². The van der Waals surface area contributed by atoms with E-state index < -0.39 is 0 Å². The first-order valence-electron chi connectivity index (χ1n) is 7.46. The average molecular weight is 283 g/mol. The summed E-state index contributed by atoms with van der Waals surface area (Å²) in [5, 5.41) is 6.18. The molecule has 4 aliphatic rings. The Balaban J connectivity index is 1.54. The lowest BCUT2D eigenvalue weighted by molar-refractivity contribution is -0.0134. The second-order valence-corrected chi connectivity index (χ2v) is 6.97. The van der Waals surface area contributed by atoms with Gasteiger partial charge < -0.3 is 10.6 Å². The largest absolute Gasteiger partial charge is 0.335 e. The van der Waals surface area contributed by atoms with Gasteiger partial charge in [-0.3, -0.25) is 0 Å². The highest BCUT2D eigenvalue weighted by Gasteiger charge is 2.51. The molecule has 4 saturated carbocycles. The molecule has 0 radical (unpaired) electrons. The number of hydrogen-bond acceptors (Lipinski definition) is 1. The van der Waals surface area contributed by atoms with Crippen molar-refractivity contribution in [2.24, 2.45) is 17.8 Å². The summed E-state index contributed by atoms with van der Waals surface area (Å²) in [7, 11) is 0. The maximum atomic E-state index is 12.0. The number of halogens is 1. The van der Waals surface area contributed by atoms with Crippen molar-refractivity contribution in [3.8, 4) is 0 Å². The van der Waals surface area contributed by atoms with Crippen LogP contribution in [0.1, 0.15) is 38.5 Å². The molecule has 0 aliphatic heterocycles. The van der Waals surface area contributed by atoms with Gasteiger partial charge in [0.25, 0.3) is 0 Å². The molecule has 0 heterocycles. The minimum absolute atomic E-state index is 0.0128. The van der Waals surface area contributed by atoms with Crippen LogP contribution in [0.3, 0.4) is 0 Å². The normalized spacial score (nSPS) is 39.7. The zero-order chi connectivity index (χ0) is 13.3. The van der Waals surface area contributed by atoms with Crippen molar-refractivity contribution in [2.45, 2.75) is 44.1 Å². The third-order valence-corrected chi connectivity index (χ3v) is 5.23. The Kier molecular flexibility index (Phi) is 3.75. The van der Waals surface area contributed by atoms with Crippen LogP contribution in [-0.2, 0) is 0 Å². The van der Waals surface area contributed by atoms with Crippen LogP contribution in [0.25, 0.3) is 0 Å². The van der Waals surface area contributed by atoms with Crippen LogP contribution in [0.5, 0.6) is 0 Å². The van der Waals surface area contributed by atoms with Gasteiger partial charge in [0.05, 0.1) is 0 Å². The molecule has 4 bridgehead atoms. The number of rotatable bonds is 4. The molecule has 4 aliphatic carbocycles. The Morgan fingerprint density at radius 2 is 1.68 bits per heavy atom. The number of carbonyl (C=O) groups excluding carboxylic acids is 1. The fraction of sp³-hybridized carbons (Fsp3) is 0.800. The van der Waals surface area contributed by atoms with Crippen LogP contribution in [-0.4, -0.2) is 24.0 Å². The van der Waals surface area contributed by atoms with Crippen LogP contribution in [0, 0.1) is 17.8 Å². The highest BCUT2D eigenvalue weighted by Crippen LogP contribution is 2.55. The van der Waals surface area contributed by atoms with Gasteiger partial charge in [-0.25, -0.2) is 4.79 Å². The predicted octanol–water partition coefficient (Wildman–Crippen LogP) is 3.05. The minimum Gasteiger partial charge on any atom is -0.335 e.